The number of benzene rings is 1. The maximum atomic E-state index is 12.6. The number of aliphatic imine (C=N–C) groups is 1. The van der Waals surface area contributed by atoms with Crippen LogP contribution in [-0.4, -0.2) is 35.2 Å². The lowest BCUT2D eigenvalue weighted by Gasteiger charge is -2.22. The van der Waals surface area contributed by atoms with Gasteiger partial charge in [-0.15, -0.1) is 0 Å². The van der Waals surface area contributed by atoms with Gasteiger partial charge < -0.3 is 10.2 Å². The average Bonchev–Trinajstić information content (AvgIpc) is 3.01. The predicted molar refractivity (Wildman–Crippen MR) is 81.7 cm³/mol. The van der Waals surface area contributed by atoms with Gasteiger partial charge in [0, 0.05) is 26.8 Å². The van der Waals surface area contributed by atoms with Crippen LogP contribution in [0.3, 0.4) is 0 Å². The number of guanidine groups is 1. The number of alkyl halides is 3. The molecule has 1 aromatic heterocycles. The summed E-state index contributed by atoms with van der Waals surface area (Å²) in [7, 11) is 3.47. The molecule has 0 radical (unpaired) electrons. The first-order valence-corrected chi connectivity index (χ1v) is 6.96. The number of hydrogen-bond donors (Lipinski definition) is 2. The van der Waals surface area contributed by atoms with Gasteiger partial charge in [0.05, 0.1) is 17.8 Å². The van der Waals surface area contributed by atoms with Crippen molar-refractivity contribution in [3.63, 3.8) is 0 Å². The van der Waals surface area contributed by atoms with Crippen molar-refractivity contribution in [2.75, 3.05) is 14.1 Å². The highest BCUT2D eigenvalue weighted by molar-refractivity contribution is 5.79. The fourth-order valence-corrected chi connectivity index (χ4v) is 2.09. The zero-order valence-corrected chi connectivity index (χ0v) is 12.9. The summed E-state index contributed by atoms with van der Waals surface area (Å²) in [5.74, 6) is 0.638. The molecule has 0 amide bonds. The first kappa shape index (κ1) is 16.9. The summed E-state index contributed by atoms with van der Waals surface area (Å²) >= 11 is 0. The minimum Gasteiger partial charge on any atom is -0.351 e. The van der Waals surface area contributed by atoms with Crippen molar-refractivity contribution in [1.29, 1.82) is 0 Å². The minimum absolute atomic E-state index is 0.445. The van der Waals surface area contributed by atoms with E-state index in [1.807, 2.05) is 18.0 Å². The number of nitrogens with zero attached hydrogens (tertiary/aromatic N) is 3. The molecular formula is C15H18F3N5. The van der Waals surface area contributed by atoms with Crippen LogP contribution in [0.25, 0.3) is 0 Å². The lowest BCUT2D eigenvalue weighted by atomic mass is 10.1. The summed E-state index contributed by atoms with van der Waals surface area (Å²) in [6.45, 7) is 0.977. The highest BCUT2D eigenvalue weighted by Gasteiger charge is 2.29. The van der Waals surface area contributed by atoms with Crippen molar-refractivity contribution in [2.45, 2.75) is 19.3 Å². The highest BCUT2D eigenvalue weighted by atomic mass is 19.4. The first-order valence-electron chi connectivity index (χ1n) is 6.96. The molecule has 0 aliphatic heterocycles. The fraction of sp³-hybridized carbons (Fsp3) is 0.333. The van der Waals surface area contributed by atoms with Gasteiger partial charge in [0.15, 0.2) is 5.96 Å². The van der Waals surface area contributed by atoms with E-state index in [1.54, 1.807) is 13.2 Å². The highest BCUT2D eigenvalue weighted by Crippen LogP contribution is 2.29. The van der Waals surface area contributed by atoms with Crippen molar-refractivity contribution in [1.82, 2.24) is 20.4 Å². The van der Waals surface area contributed by atoms with E-state index in [4.69, 9.17) is 0 Å². The molecule has 124 valence electrons. The molecule has 5 nitrogen and oxygen atoms in total. The largest absolute Gasteiger partial charge is 0.416 e. The molecule has 0 bridgehead atoms. The fourth-order valence-electron chi connectivity index (χ4n) is 2.09. The predicted octanol–water partition coefficient (Wildman–Crippen LogP) is 2.64. The molecule has 2 aromatic rings. The smallest absolute Gasteiger partial charge is 0.351 e. The summed E-state index contributed by atoms with van der Waals surface area (Å²) in [4.78, 5) is 5.99. The number of halogens is 3. The Kier molecular flexibility index (Phi) is 5.25. The van der Waals surface area contributed by atoms with Gasteiger partial charge in [0.1, 0.15) is 0 Å². The second kappa shape index (κ2) is 7.17. The van der Waals surface area contributed by atoms with Crippen LogP contribution in [0.4, 0.5) is 13.2 Å². The van der Waals surface area contributed by atoms with E-state index in [1.165, 1.54) is 12.1 Å². The Morgan fingerprint density at radius 2 is 1.96 bits per heavy atom. The number of H-pyrrole nitrogens is 1. The topological polar surface area (TPSA) is 56.3 Å². The maximum Gasteiger partial charge on any atom is 0.416 e. The molecule has 0 spiro atoms. The summed E-state index contributed by atoms with van der Waals surface area (Å²) in [6.07, 6.45) is -2.65. The number of aromatic nitrogens is 2. The van der Waals surface area contributed by atoms with Crippen molar-refractivity contribution >= 4 is 5.96 Å². The van der Waals surface area contributed by atoms with Gasteiger partial charge in [-0.05, 0) is 23.8 Å². The van der Waals surface area contributed by atoms with Gasteiger partial charge in [0.2, 0.25) is 0 Å². The third kappa shape index (κ3) is 4.73. The second-order valence-corrected chi connectivity index (χ2v) is 5.03. The molecule has 1 heterocycles. The lowest BCUT2D eigenvalue weighted by molar-refractivity contribution is -0.137. The molecule has 0 aliphatic rings. The van der Waals surface area contributed by atoms with Crippen molar-refractivity contribution in [2.24, 2.45) is 4.99 Å². The van der Waals surface area contributed by atoms with Crippen LogP contribution in [0.2, 0.25) is 0 Å². The van der Waals surface area contributed by atoms with E-state index in [-0.39, 0.29) is 0 Å². The third-order valence-corrected chi connectivity index (χ3v) is 3.27. The van der Waals surface area contributed by atoms with Crippen LogP contribution in [0.1, 0.15) is 16.8 Å². The molecule has 23 heavy (non-hydrogen) atoms. The van der Waals surface area contributed by atoms with Crippen LogP contribution < -0.4 is 5.32 Å². The molecule has 2 N–H and O–H groups in total. The Morgan fingerprint density at radius 1 is 1.26 bits per heavy atom. The van der Waals surface area contributed by atoms with Gasteiger partial charge in [-0.1, -0.05) is 12.1 Å². The van der Waals surface area contributed by atoms with E-state index in [2.05, 4.69) is 20.5 Å². The molecule has 0 atom stereocenters. The van der Waals surface area contributed by atoms with Gasteiger partial charge in [-0.2, -0.15) is 18.3 Å². The number of hydrogen-bond acceptors (Lipinski definition) is 2. The molecule has 1 aromatic carbocycles. The summed E-state index contributed by atoms with van der Waals surface area (Å²) in [5.41, 5.74) is 1.03. The van der Waals surface area contributed by atoms with Crippen molar-refractivity contribution in [3.8, 4) is 0 Å². The Bertz CT molecular complexity index is 632. The average molecular weight is 325 g/mol. The van der Waals surface area contributed by atoms with Crippen molar-refractivity contribution in [3.05, 3.63) is 53.3 Å². The Hall–Kier alpha value is -2.51. The monoisotopic (exact) mass is 325 g/mol. The van der Waals surface area contributed by atoms with Crippen LogP contribution >= 0.6 is 0 Å². The van der Waals surface area contributed by atoms with E-state index in [9.17, 15) is 13.2 Å². The second-order valence-electron chi connectivity index (χ2n) is 5.03. The standard InChI is InChI=1S/C15H18F3N5/c1-19-14(20-9-13-7-8-21-22-13)23(2)10-11-3-5-12(6-4-11)15(16,17)18/h3-8H,9-10H2,1-2H3,(H,19,20)(H,21,22). The van der Waals surface area contributed by atoms with E-state index in [0.717, 1.165) is 23.4 Å². The molecule has 0 aliphatic carbocycles. The van der Waals surface area contributed by atoms with E-state index in [0.29, 0.717) is 19.0 Å². The van der Waals surface area contributed by atoms with Gasteiger partial charge in [0.25, 0.3) is 0 Å². The Labute approximate surface area is 132 Å². The first-order chi connectivity index (χ1) is 10.9. The molecule has 0 saturated carbocycles. The maximum absolute atomic E-state index is 12.6. The minimum atomic E-state index is -4.31. The Morgan fingerprint density at radius 3 is 2.48 bits per heavy atom. The molecule has 2 rings (SSSR count). The molecule has 8 heteroatoms. The van der Waals surface area contributed by atoms with Crippen LogP contribution in [0.5, 0.6) is 0 Å². The normalized spacial score (nSPS) is 12.3. The zero-order chi connectivity index (χ0) is 16.9. The van der Waals surface area contributed by atoms with Gasteiger partial charge in [-0.25, -0.2) is 0 Å². The summed E-state index contributed by atoms with van der Waals surface area (Å²) in [5, 5.41) is 9.84. The molecular weight excluding hydrogens is 307 g/mol. The van der Waals surface area contributed by atoms with Crippen molar-refractivity contribution < 1.29 is 13.2 Å². The quantitative estimate of drug-likeness (QED) is 0.671. The Balaban J connectivity index is 1.95. The summed E-state index contributed by atoms with van der Waals surface area (Å²) < 4.78 is 37.7. The third-order valence-electron chi connectivity index (χ3n) is 3.27. The zero-order valence-electron chi connectivity index (χ0n) is 12.9. The molecule has 0 fully saturated rings. The van der Waals surface area contributed by atoms with E-state index >= 15 is 0 Å². The SMILES string of the molecule is CN=C(NCc1ccn[nH]1)N(C)Cc1ccc(C(F)(F)F)cc1. The number of aromatic amines is 1. The van der Waals surface area contributed by atoms with Crippen LogP contribution in [0, 0.1) is 0 Å². The molecule has 0 unspecified atom stereocenters. The summed E-state index contributed by atoms with van der Waals surface area (Å²) in [6, 6.07) is 6.97. The van der Waals surface area contributed by atoms with Crippen LogP contribution in [0.15, 0.2) is 41.5 Å². The van der Waals surface area contributed by atoms with Gasteiger partial charge >= 0.3 is 6.18 Å². The van der Waals surface area contributed by atoms with E-state index < -0.39 is 11.7 Å². The lowest BCUT2D eigenvalue weighted by Crippen LogP contribution is -2.38. The number of nitrogens with one attached hydrogen (secondary N) is 2. The van der Waals surface area contributed by atoms with Gasteiger partial charge in [-0.3, -0.25) is 10.1 Å². The number of rotatable bonds is 4. The molecule has 0 saturated heterocycles. The van der Waals surface area contributed by atoms with Crippen LogP contribution in [-0.2, 0) is 19.3 Å².